The number of carbonyl (C=O) groups excluding carboxylic acids is 2. The Labute approximate surface area is 140 Å². The third-order valence-electron chi connectivity index (χ3n) is 4.48. The summed E-state index contributed by atoms with van der Waals surface area (Å²) in [5.74, 6) is -1.80. The van der Waals surface area contributed by atoms with Crippen molar-refractivity contribution in [2.45, 2.75) is 42.9 Å². The molecule has 2 aliphatic heterocycles. The molecular weight excluding hydrogens is 340 g/mol. The molecular formula is C13H17N4O4S2+. The number of β-lactam (4-membered cyclic amide) rings is 1. The SMILES string of the molecule is CC(=O)N[N+]12C(=O)C[C@H]1SC(C)(C)[C@@]2(C(=O)O)c1nc(N)cs1. The lowest BCUT2D eigenvalue weighted by Crippen LogP contribution is -2.83. The average Bonchev–Trinajstić information content (AvgIpc) is 2.88. The third kappa shape index (κ3) is 1.71. The summed E-state index contributed by atoms with van der Waals surface area (Å²) in [6.45, 7) is 4.79. The lowest BCUT2D eigenvalue weighted by Gasteiger charge is -2.50. The van der Waals surface area contributed by atoms with Crippen LogP contribution < -0.4 is 11.2 Å². The van der Waals surface area contributed by atoms with Gasteiger partial charge in [0.15, 0.2) is 10.4 Å². The fourth-order valence-corrected chi connectivity index (χ4v) is 6.74. The number of amides is 2. The number of hydrogen-bond donors (Lipinski definition) is 3. The Morgan fingerprint density at radius 2 is 2.17 bits per heavy atom. The van der Waals surface area contributed by atoms with E-state index in [-0.39, 0.29) is 28.5 Å². The number of nitrogens with one attached hydrogen (secondary N) is 1. The number of fused-ring (bicyclic) bond motifs is 1. The standard InChI is InChI=1S/C13H16N4O4S2/c1-6(18)16-17-8(19)4-9(17)23-12(2,3)13(17,11(20)21)10-15-7(14)5-22-10/h5,9H,4,14H2,1-3H3,(H-,16,18,20,21)/p+1/t9-,13+,17?/m1/s1. The Bertz CT molecular complexity index is 733. The average molecular weight is 357 g/mol. The number of rotatable bonds is 3. The van der Waals surface area contributed by atoms with Crippen molar-refractivity contribution >= 4 is 46.7 Å². The highest BCUT2D eigenvalue weighted by Gasteiger charge is 2.85. The molecule has 0 aliphatic carbocycles. The number of aromatic nitrogens is 1. The Kier molecular flexibility index (Phi) is 3.30. The smallest absolute Gasteiger partial charge is 0.377 e. The largest absolute Gasteiger partial charge is 0.476 e. The fraction of sp³-hybridized carbons (Fsp3) is 0.538. The van der Waals surface area contributed by atoms with Crippen molar-refractivity contribution in [1.29, 1.82) is 0 Å². The fourth-order valence-electron chi connectivity index (χ4n) is 3.68. The van der Waals surface area contributed by atoms with Gasteiger partial charge >= 0.3 is 11.9 Å². The Morgan fingerprint density at radius 1 is 1.52 bits per heavy atom. The summed E-state index contributed by atoms with van der Waals surface area (Å²) in [6.07, 6.45) is 0.213. The van der Waals surface area contributed by atoms with Gasteiger partial charge in [0.05, 0.1) is 4.75 Å². The molecule has 2 fully saturated rings. The Balaban J connectivity index is 2.34. The van der Waals surface area contributed by atoms with E-state index in [1.165, 1.54) is 18.7 Å². The van der Waals surface area contributed by atoms with Crippen LogP contribution in [0.5, 0.6) is 0 Å². The van der Waals surface area contributed by atoms with Gasteiger partial charge < -0.3 is 10.8 Å². The number of quaternary nitrogens is 1. The van der Waals surface area contributed by atoms with Gasteiger partial charge in [-0.25, -0.2) is 14.6 Å². The number of hydrogen-bond acceptors (Lipinski definition) is 7. The van der Waals surface area contributed by atoms with Gasteiger partial charge in [-0.3, -0.25) is 4.79 Å². The normalized spacial score (nSPS) is 34.6. The molecule has 23 heavy (non-hydrogen) atoms. The highest BCUT2D eigenvalue weighted by molar-refractivity contribution is 8.01. The predicted octanol–water partition coefficient (Wildman–Crippen LogP) is 0.655. The van der Waals surface area contributed by atoms with Crippen molar-refractivity contribution in [3.05, 3.63) is 10.4 Å². The number of nitrogen functional groups attached to an aromatic ring is 1. The van der Waals surface area contributed by atoms with Crippen molar-refractivity contribution in [2.24, 2.45) is 0 Å². The molecule has 10 heteroatoms. The molecule has 124 valence electrons. The summed E-state index contributed by atoms with van der Waals surface area (Å²) in [4.78, 5) is 41.0. The number of thioether (sulfide) groups is 1. The van der Waals surface area contributed by atoms with Crippen LogP contribution in [0, 0.1) is 0 Å². The van der Waals surface area contributed by atoms with E-state index in [0.29, 0.717) is 0 Å². The maximum Gasteiger partial charge on any atom is 0.377 e. The summed E-state index contributed by atoms with van der Waals surface area (Å²) in [5.41, 5.74) is 6.59. The first-order chi connectivity index (χ1) is 10.6. The zero-order valence-electron chi connectivity index (χ0n) is 12.8. The molecule has 3 rings (SSSR count). The van der Waals surface area contributed by atoms with Gasteiger partial charge in [-0.05, 0) is 13.8 Å². The van der Waals surface area contributed by atoms with E-state index in [4.69, 9.17) is 5.73 Å². The van der Waals surface area contributed by atoms with E-state index in [9.17, 15) is 19.5 Å². The number of nitrogens with two attached hydrogens (primary N) is 1. The molecule has 0 bridgehead atoms. The number of carbonyl (C=O) groups is 3. The Morgan fingerprint density at radius 3 is 2.61 bits per heavy atom. The minimum atomic E-state index is -1.72. The van der Waals surface area contributed by atoms with Crippen LogP contribution in [0.25, 0.3) is 0 Å². The third-order valence-corrected chi connectivity index (χ3v) is 7.09. The van der Waals surface area contributed by atoms with Gasteiger partial charge in [0.25, 0.3) is 11.4 Å². The monoisotopic (exact) mass is 357 g/mol. The number of carboxylic acid groups (broad SMARTS) is 1. The summed E-state index contributed by atoms with van der Waals surface area (Å²) < 4.78 is -1.51. The van der Waals surface area contributed by atoms with Crippen molar-refractivity contribution in [2.75, 3.05) is 5.73 Å². The molecule has 3 heterocycles. The second-order valence-corrected chi connectivity index (χ2v) is 8.82. The van der Waals surface area contributed by atoms with Gasteiger partial charge in [-0.1, -0.05) is 11.8 Å². The van der Waals surface area contributed by atoms with Crippen molar-refractivity contribution in [3.63, 3.8) is 0 Å². The van der Waals surface area contributed by atoms with Gasteiger partial charge in [-0.15, -0.1) is 15.9 Å². The molecule has 3 atom stereocenters. The van der Waals surface area contributed by atoms with E-state index in [2.05, 4.69) is 10.4 Å². The lowest BCUT2D eigenvalue weighted by molar-refractivity contribution is -0.965. The molecule has 1 aromatic rings. The molecule has 2 amide bonds. The number of carboxylic acids is 1. The number of aliphatic carboxylic acids is 1. The molecule has 0 aromatic carbocycles. The lowest BCUT2D eigenvalue weighted by atomic mass is 9.80. The van der Waals surface area contributed by atoms with E-state index < -0.39 is 26.8 Å². The molecule has 0 radical (unpaired) electrons. The van der Waals surface area contributed by atoms with E-state index >= 15 is 0 Å². The van der Waals surface area contributed by atoms with Gasteiger partial charge in [0, 0.05) is 12.3 Å². The molecule has 2 aliphatic rings. The second-order valence-electron chi connectivity index (χ2n) is 6.16. The van der Waals surface area contributed by atoms with Crippen LogP contribution in [-0.4, -0.2) is 42.6 Å². The van der Waals surface area contributed by atoms with E-state index in [1.54, 1.807) is 19.2 Å². The van der Waals surface area contributed by atoms with Crippen LogP contribution in [0.4, 0.5) is 5.82 Å². The van der Waals surface area contributed by atoms with Gasteiger partial charge in [-0.2, -0.15) is 5.43 Å². The predicted molar refractivity (Wildman–Crippen MR) is 85.0 cm³/mol. The molecule has 0 saturated carbocycles. The highest BCUT2D eigenvalue weighted by Crippen LogP contribution is 2.65. The van der Waals surface area contributed by atoms with Crippen LogP contribution in [0.15, 0.2) is 5.38 Å². The van der Waals surface area contributed by atoms with Crippen LogP contribution in [-0.2, 0) is 19.9 Å². The molecule has 4 N–H and O–H groups in total. The molecule has 0 spiro atoms. The first-order valence-corrected chi connectivity index (χ1v) is 8.69. The minimum Gasteiger partial charge on any atom is -0.476 e. The van der Waals surface area contributed by atoms with Crippen LogP contribution in [0.1, 0.15) is 32.2 Å². The van der Waals surface area contributed by atoms with Crippen molar-refractivity contribution in [3.8, 4) is 0 Å². The van der Waals surface area contributed by atoms with E-state index in [1.807, 2.05) is 0 Å². The first kappa shape index (κ1) is 16.2. The number of thiazole rings is 1. The number of nitrogens with zero attached hydrogens (tertiary/aromatic N) is 2. The maximum atomic E-state index is 12.6. The van der Waals surface area contributed by atoms with E-state index in [0.717, 1.165) is 11.3 Å². The molecule has 2 saturated heterocycles. The first-order valence-electron chi connectivity index (χ1n) is 6.93. The zero-order valence-corrected chi connectivity index (χ0v) is 14.5. The number of anilines is 1. The summed E-state index contributed by atoms with van der Waals surface area (Å²) in [7, 11) is 0. The second kappa shape index (κ2) is 4.68. The highest BCUT2D eigenvalue weighted by atomic mass is 32.2. The van der Waals surface area contributed by atoms with Gasteiger partial charge in [0.1, 0.15) is 12.2 Å². The molecule has 1 unspecified atom stereocenters. The summed E-state index contributed by atoms with van der Waals surface area (Å²) in [5, 5.41) is 11.6. The summed E-state index contributed by atoms with van der Waals surface area (Å²) in [6, 6.07) is 0. The quantitative estimate of drug-likeness (QED) is 0.536. The summed E-state index contributed by atoms with van der Waals surface area (Å²) >= 11 is 2.48. The molecule has 1 aromatic heterocycles. The topological polar surface area (TPSA) is 122 Å². The van der Waals surface area contributed by atoms with Crippen LogP contribution in [0.3, 0.4) is 0 Å². The maximum absolute atomic E-state index is 12.6. The minimum absolute atomic E-state index is 0.198. The van der Waals surface area contributed by atoms with Gasteiger partial charge in [0.2, 0.25) is 0 Å². The van der Waals surface area contributed by atoms with Crippen molar-refractivity contribution in [1.82, 2.24) is 10.4 Å². The van der Waals surface area contributed by atoms with Crippen molar-refractivity contribution < 1.29 is 24.1 Å². The van der Waals surface area contributed by atoms with Crippen LogP contribution in [0.2, 0.25) is 0 Å². The van der Waals surface area contributed by atoms with Crippen LogP contribution >= 0.6 is 23.1 Å². The Hall–Kier alpha value is -1.65. The zero-order chi connectivity index (χ0) is 17.2. The molecule has 8 nitrogen and oxygen atoms in total.